The van der Waals surface area contributed by atoms with Crippen LogP contribution in [0.25, 0.3) is 0 Å². The molecule has 0 rings (SSSR count). The Kier molecular flexibility index (Phi) is 25.2. The van der Waals surface area contributed by atoms with Crippen molar-refractivity contribution >= 4 is 116 Å². The lowest BCUT2D eigenvalue weighted by Gasteiger charge is -2.20. The molecule has 0 aliphatic carbocycles. The van der Waals surface area contributed by atoms with Crippen LogP contribution in [-0.4, -0.2) is 134 Å². The molecule has 0 spiro atoms. The van der Waals surface area contributed by atoms with E-state index in [4.69, 9.17) is 0 Å². The number of carbonyl (C=O) groups is 20. The van der Waals surface area contributed by atoms with Crippen molar-refractivity contribution in [2.75, 3.05) is 14.1 Å². The highest BCUT2D eigenvalue weighted by atomic mass is 35.5. The average molecular weight is 918 g/mol. The van der Waals surface area contributed by atoms with Gasteiger partial charge in [0.1, 0.15) is 0 Å². The van der Waals surface area contributed by atoms with Crippen LogP contribution in [0.2, 0.25) is 0 Å². The summed E-state index contributed by atoms with van der Waals surface area (Å²) >= 11 is 0. The first-order valence-electron chi connectivity index (χ1n) is 19.3. The minimum atomic E-state index is -2.72. The summed E-state index contributed by atoms with van der Waals surface area (Å²) in [5.41, 5.74) is -1.51. The number of imide groups is 1. The molecular weight excluding hydrogens is 874 g/mol. The zero-order valence-corrected chi connectivity index (χ0v) is 36.4. The van der Waals surface area contributed by atoms with Gasteiger partial charge in [0.25, 0.3) is 57.8 Å². The number of quaternary nitrogens is 1. The number of amides is 2. The Hall–Kier alpha value is -6.87. The molecule has 0 aliphatic rings. The topological polar surface area (TPSA) is 341 Å². The molecule has 64 heavy (non-hydrogen) atoms. The van der Waals surface area contributed by atoms with Crippen molar-refractivity contribution in [1.29, 1.82) is 0 Å². The van der Waals surface area contributed by atoms with Gasteiger partial charge in [-0.15, -0.1) is 0 Å². The molecular formula is C42H44ClNO20. The number of allylic oxidation sites excluding steroid dienone is 4. The molecule has 0 saturated carbocycles. The molecule has 0 unspecified atom stereocenters. The van der Waals surface area contributed by atoms with E-state index in [1.54, 1.807) is 0 Å². The molecule has 0 aromatic rings. The number of halogens is 1. The van der Waals surface area contributed by atoms with Gasteiger partial charge < -0.3 is 12.4 Å². The Bertz CT molecular complexity index is 2060. The van der Waals surface area contributed by atoms with E-state index in [-0.39, 0.29) is 25.2 Å². The fourth-order valence-corrected chi connectivity index (χ4v) is 4.92. The summed E-state index contributed by atoms with van der Waals surface area (Å²) in [4.78, 5) is 249. The molecule has 344 valence electrons. The molecule has 0 atom stereocenters. The third-order valence-corrected chi connectivity index (χ3v) is 8.90. The smallest absolute Gasteiger partial charge is 0.397 e. The normalized spacial score (nSPS) is 11.2. The molecule has 0 fully saturated rings. The predicted molar refractivity (Wildman–Crippen MR) is 207 cm³/mol. The number of likely N-dealkylation sites (N-methyl/N-ethyl adjacent to an activating group) is 1. The van der Waals surface area contributed by atoms with E-state index >= 15 is 0 Å². The summed E-state index contributed by atoms with van der Waals surface area (Å²) in [5, 5.41) is 0. The molecule has 0 bridgehead atoms. The number of rotatable bonds is 32. The third-order valence-electron chi connectivity index (χ3n) is 8.90. The monoisotopic (exact) mass is 917 g/mol. The lowest BCUT2D eigenvalue weighted by atomic mass is 9.95. The molecule has 0 aromatic heterocycles. The fraction of sp³-hybridized carbons (Fsp3) is 0.429. The molecule has 2 amide bonds. The van der Waals surface area contributed by atoms with E-state index in [2.05, 4.69) is 0 Å². The fourth-order valence-electron chi connectivity index (χ4n) is 4.92. The highest BCUT2D eigenvalue weighted by molar-refractivity contribution is 7.00. The van der Waals surface area contributed by atoms with E-state index in [1.807, 2.05) is 13.8 Å². The Balaban J connectivity index is 0. The highest BCUT2D eigenvalue weighted by Crippen LogP contribution is 2.11. The molecule has 0 heterocycles. The first-order chi connectivity index (χ1) is 29.2. The van der Waals surface area contributed by atoms with Crippen molar-refractivity contribution in [1.82, 2.24) is 0 Å². The largest absolute Gasteiger partial charge is 1.00 e. The van der Waals surface area contributed by atoms with Crippen molar-refractivity contribution in [3.63, 3.8) is 0 Å². The molecule has 0 aromatic carbocycles. The van der Waals surface area contributed by atoms with Crippen molar-refractivity contribution in [2.24, 2.45) is 0 Å². The number of carbonyl (C=O) groups excluding carboxylic acids is 20. The molecule has 0 saturated heterocycles. The molecule has 0 N–H and O–H groups in total. The SMILES string of the molecule is CCCCCCC(=O)C(=O)/C=C(/CC)C(=O)C(=O)C(=O)C(=O)C(=O)C(=O)C(=O)C(=O)[N+](C)(C)C(=O)C(=O)C(=O)C(=O)C(=O)C(=O)C(=O)C(=O)/C(=C\C(=O)C(=O)CCCCCC)CC.[Cl-]. The van der Waals surface area contributed by atoms with Gasteiger partial charge in [0.15, 0.2) is 0 Å². The number of hydrogen-bond acceptors (Lipinski definition) is 20. The number of hydrogen-bond donors (Lipinski definition) is 0. The van der Waals surface area contributed by atoms with Gasteiger partial charge in [-0.05, 0) is 37.8 Å². The first kappa shape index (κ1) is 59.2. The standard InChI is InChI=1S/C42H44NO20.ClH/c1-7-11-13-15-17-23(44)25(46)19-21(9-3)27(48)29(50)31(52)33(54)35(56)37(58)39(60)41(62)43(5,6)42(63)40(61)38(59)36(57)34(55)32(53)30(51)28(49)22(10-4)20-26(47)24(45)18-16-14-12-8-2;/h19-20H,7-18H2,1-6H3;1H/q+1;/p-1/b21-19-,22-20-;. The van der Waals surface area contributed by atoms with E-state index in [1.165, 1.54) is 13.8 Å². The van der Waals surface area contributed by atoms with Crippen LogP contribution < -0.4 is 12.4 Å². The van der Waals surface area contributed by atoms with Crippen LogP contribution in [0.15, 0.2) is 23.3 Å². The van der Waals surface area contributed by atoms with Crippen molar-refractivity contribution in [2.45, 2.75) is 105 Å². The maximum atomic E-state index is 12.8. The van der Waals surface area contributed by atoms with Crippen molar-refractivity contribution < 1.29 is 113 Å². The second-order valence-corrected chi connectivity index (χ2v) is 13.9. The predicted octanol–water partition coefficient (Wildman–Crippen LogP) is -4.02. The number of unbranched alkanes of at least 4 members (excludes halogenated alkanes) is 6. The van der Waals surface area contributed by atoms with Crippen LogP contribution in [0.5, 0.6) is 0 Å². The summed E-state index contributed by atoms with van der Waals surface area (Å²) in [6.45, 7) is 6.19. The maximum absolute atomic E-state index is 12.8. The average Bonchev–Trinajstić information content (AvgIpc) is 3.27. The Morgan fingerprint density at radius 1 is 0.328 bits per heavy atom. The van der Waals surface area contributed by atoms with E-state index < -0.39 is 144 Å². The van der Waals surface area contributed by atoms with Crippen LogP contribution in [0, 0.1) is 0 Å². The van der Waals surface area contributed by atoms with Gasteiger partial charge in [0.05, 0.1) is 14.1 Å². The lowest BCUT2D eigenvalue weighted by molar-refractivity contribution is -0.727. The zero-order valence-electron chi connectivity index (χ0n) is 35.6. The van der Waals surface area contributed by atoms with Gasteiger partial charge in [-0.1, -0.05) is 66.2 Å². The maximum Gasteiger partial charge on any atom is 0.397 e. The van der Waals surface area contributed by atoms with Gasteiger partial charge in [-0.25, -0.2) is 9.59 Å². The molecule has 0 aliphatic heterocycles. The van der Waals surface area contributed by atoms with Crippen LogP contribution >= 0.6 is 0 Å². The van der Waals surface area contributed by atoms with Gasteiger partial charge >= 0.3 is 23.4 Å². The minimum absolute atomic E-state index is 0. The zero-order chi connectivity index (χ0) is 49.1. The molecule has 21 nitrogen and oxygen atoms in total. The highest BCUT2D eigenvalue weighted by Gasteiger charge is 2.52. The number of Topliss-reactive ketones (excluding diaryl/α,β-unsaturated/α-hetero) is 16. The third kappa shape index (κ3) is 15.8. The minimum Gasteiger partial charge on any atom is -1.00 e. The number of nitrogens with zero attached hydrogens (tertiary/aromatic N) is 1. The van der Waals surface area contributed by atoms with Gasteiger partial charge in [0, 0.05) is 24.0 Å². The van der Waals surface area contributed by atoms with E-state index in [9.17, 15) is 95.9 Å². The van der Waals surface area contributed by atoms with Crippen LogP contribution in [0.3, 0.4) is 0 Å². The quantitative estimate of drug-likeness (QED) is 0.0204. The Labute approximate surface area is 370 Å². The molecule has 0 radical (unpaired) electrons. The molecule has 22 heteroatoms. The second-order valence-electron chi connectivity index (χ2n) is 13.9. The van der Waals surface area contributed by atoms with Gasteiger partial charge in [-0.2, -0.15) is 4.48 Å². The summed E-state index contributed by atoms with van der Waals surface area (Å²) in [6, 6.07) is 0. The summed E-state index contributed by atoms with van der Waals surface area (Å²) in [5.74, 6) is -44.0. The summed E-state index contributed by atoms with van der Waals surface area (Å²) < 4.78 is -2.37. The van der Waals surface area contributed by atoms with Crippen LogP contribution in [-0.2, 0) is 95.9 Å². The van der Waals surface area contributed by atoms with Crippen LogP contribution in [0.1, 0.15) is 105 Å². The van der Waals surface area contributed by atoms with Gasteiger partial charge in [-0.3, -0.25) is 86.3 Å². The first-order valence-corrected chi connectivity index (χ1v) is 19.3. The summed E-state index contributed by atoms with van der Waals surface area (Å²) in [7, 11) is 0.595. The Morgan fingerprint density at radius 3 is 0.797 bits per heavy atom. The van der Waals surface area contributed by atoms with E-state index in [0.29, 0.717) is 51.9 Å². The van der Waals surface area contributed by atoms with Crippen molar-refractivity contribution in [3.05, 3.63) is 23.3 Å². The van der Waals surface area contributed by atoms with E-state index in [0.717, 1.165) is 25.7 Å². The summed E-state index contributed by atoms with van der Waals surface area (Å²) in [6.07, 6.45) is 4.59. The second kappa shape index (κ2) is 27.2. The lowest BCUT2D eigenvalue weighted by Crippen LogP contribution is -3.00. The van der Waals surface area contributed by atoms with Crippen LogP contribution in [0.4, 0.5) is 0 Å². The van der Waals surface area contributed by atoms with Gasteiger partial charge in [0.2, 0.25) is 34.7 Å². The number of ketones is 18. The van der Waals surface area contributed by atoms with Crippen molar-refractivity contribution in [3.8, 4) is 0 Å². The Morgan fingerprint density at radius 2 is 0.562 bits per heavy atom.